The topological polar surface area (TPSA) is 122 Å². The van der Waals surface area contributed by atoms with Crippen LogP contribution in [0, 0.1) is 56.2 Å². The van der Waals surface area contributed by atoms with Gasteiger partial charge in [0, 0.05) is 55.8 Å². The molecule has 9 nitrogen and oxygen atoms in total. The molecule has 4 fully saturated rings. The van der Waals surface area contributed by atoms with Crippen molar-refractivity contribution >= 4 is 17.7 Å². The molecule has 0 radical (unpaired) electrons. The zero-order valence-electron chi connectivity index (χ0n) is 37.6. The van der Waals surface area contributed by atoms with Crippen LogP contribution in [0.3, 0.4) is 0 Å². The maximum absolute atomic E-state index is 14.4. The number of imidazole rings is 1. The molecule has 0 bridgehead atoms. The first-order valence-corrected chi connectivity index (χ1v) is 22.8. The second-order valence-electron chi connectivity index (χ2n) is 21.9. The lowest BCUT2D eigenvalue weighted by Crippen LogP contribution is -2.66. The van der Waals surface area contributed by atoms with Gasteiger partial charge in [-0.15, -0.1) is 0 Å². The summed E-state index contributed by atoms with van der Waals surface area (Å²) in [7, 11) is 0. The molecule has 324 valence electrons. The summed E-state index contributed by atoms with van der Waals surface area (Å²) in [6, 6.07) is 10.5. The second-order valence-corrected chi connectivity index (χ2v) is 21.9. The first-order valence-electron chi connectivity index (χ1n) is 22.8. The standard InChI is InChI=1S/C50H73N3O6/c1-33(2)42-36(54)28-50(39(55)31-53(30-34-14-11-10-12-15-34)26-13-25-52-27-24-51-32-52)23-22-48(8)35(43(42)50)16-17-38-47(7)20-19-40(59-41(56)29-45(3,4)44(57)58)46(5,6)37(47)18-21-49(38,48)9/h10-12,14-15,24,27,32-33,35,37-40,55H,13,16-23,25-26,28-31H2,1-9H3,(H,57,58)/t35-,37+,38-,39+,40+,47+,48-,49-,50+/m1/s1. The number of nitrogens with zero attached hydrogens (tertiary/aromatic N) is 3. The van der Waals surface area contributed by atoms with Crippen molar-refractivity contribution in [1.29, 1.82) is 0 Å². The van der Waals surface area contributed by atoms with Gasteiger partial charge in [0.1, 0.15) is 6.10 Å². The van der Waals surface area contributed by atoms with Crippen LogP contribution in [-0.2, 0) is 32.2 Å². The quantitative estimate of drug-likeness (QED) is 0.181. The molecule has 5 aliphatic carbocycles. The molecule has 9 atom stereocenters. The van der Waals surface area contributed by atoms with Crippen molar-refractivity contribution in [3.05, 3.63) is 65.8 Å². The number of fused-ring (bicyclic) bond motifs is 7. The van der Waals surface area contributed by atoms with Crippen molar-refractivity contribution < 1.29 is 29.3 Å². The van der Waals surface area contributed by atoms with Crippen molar-refractivity contribution in [2.45, 2.75) is 158 Å². The molecular formula is C50H73N3O6. The minimum Gasteiger partial charge on any atom is -0.481 e. The summed E-state index contributed by atoms with van der Waals surface area (Å²) in [6.07, 6.45) is 13.8. The van der Waals surface area contributed by atoms with Crippen molar-refractivity contribution in [1.82, 2.24) is 14.5 Å². The molecule has 4 saturated carbocycles. The van der Waals surface area contributed by atoms with Gasteiger partial charge in [-0.2, -0.15) is 0 Å². The molecule has 0 saturated heterocycles. The van der Waals surface area contributed by atoms with Gasteiger partial charge in [0.05, 0.1) is 24.3 Å². The fraction of sp³-hybridized carbons (Fsp3) is 0.720. The van der Waals surface area contributed by atoms with Crippen LogP contribution in [0.15, 0.2) is 60.2 Å². The summed E-state index contributed by atoms with van der Waals surface area (Å²) in [6.45, 7) is 22.7. The van der Waals surface area contributed by atoms with Gasteiger partial charge >= 0.3 is 11.9 Å². The molecule has 2 aromatic rings. The van der Waals surface area contributed by atoms with Gasteiger partial charge in [0.25, 0.3) is 0 Å². The van der Waals surface area contributed by atoms with E-state index in [9.17, 15) is 24.6 Å². The third-order valence-electron chi connectivity index (χ3n) is 17.6. The molecule has 9 heteroatoms. The van der Waals surface area contributed by atoms with Crippen LogP contribution in [-0.4, -0.2) is 67.7 Å². The van der Waals surface area contributed by atoms with Crippen LogP contribution in [0.5, 0.6) is 0 Å². The lowest BCUT2D eigenvalue weighted by Gasteiger charge is -2.72. The molecular weight excluding hydrogens is 739 g/mol. The van der Waals surface area contributed by atoms with E-state index in [0.717, 1.165) is 83.0 Å². The maximum atomic E-state index is 14.4. The molecule has 7 rings (SSSR count). The predicted molar refractivity (Wildman–Crippen MR) is 230 cm³/mol. The van der Waals surface area contributed by atoms with E-state index >= 15 is 0 Å². The van der Waals surface area contributed by atoms with E-state index in [1.165, 1.54) is 11.1 Å². The van der Waals surface area contributed by atoms with Crippen molar-refractivity contribution in [3.63, 3.8) is 0 Å². The number of Topliss-reactive ketones (excluding diaryl/α,β-unsaturated/α-hetero) is 1. The van der Waals surface area contributed by atoms with Gasteiger partial charge in [-0.1, -0.05) is 84.4 Å². The molecule has 5 aliphatic rings. The number of benzene rings is 1. The van der Waals surface area contributed by atoms with Crippen LogP contribution in [0.2, 0.25) is 0 Å². The Hall–Kier alpha value is -3.30. The number of hydrogen-bond donors (Lipinski definition) is 2. The number of rotatable bonds is 14. The number of aliphatic hydroxyl groups excluding tert-OH is 1. The maximum Gasteiger partial charge on any atom is 0.309 e. The Bertz CT molecular complexity index is 1900. The van der Waals surface area contributed by atoms with E-state index in [4.69, 9.17) is 4.74 Å². The number of allylic oxidation sites excluding steroid dienone is 1. The molecule has 1 aromatic heterocycles. The van der Waals surface area contributed by atoms with Gasteiger partial charge < -0.3 is 19.5 Å². The first-order chi connectivity index (χ1) is 27.7. The molecule has 0 amide bonds. The second kappa shape index (κ2) is 15.9. The highest BCUT2D eigenvalue weighted by Gasteiger charge is 2.71. The Morgan fingerprint density at radius 1 is 0.966 bits per heavy atom. The highest BCUT2D eigenvalue weighted by Crippen LogP contribution is 2.77. The summed E-state index contributed by atoms with van der Waals surface area (Å²) in [4.78, 5) is 46.0. The zero-order chi connectivity index (χ0) is 42.8. The molecule has 0 unspecified atom stereocenters. The minimum absolute atomic E-state index is 0.0302. The number of esters is 1. The van der Waals surface area contributed by atoms with Gasteiger partial charge in [-0.05, 0) is 123 Å². The van der Waals surface area contributed by atoms with Crippen molar-refractivity contribution in [2.75, 3.05) is 13.1 Å². The normalized spacial score (nSPS) is 34.5. The third kappa shape index (κ3) is 7.46. The van der Waals surface area contributed by atoms with E-state index in [1.807, 2.05) is 24.8 Å². The Morgan fingerprint density at radius 2 is 1.69 bits per heavy atom. The van der Waals surface area contributed by atoms with Crippen LogP contribution in [0.1, 0.15) is 139 Å². The predicted octanol–water partition coefficient (Wildman–Crippen LogP) is 9.53. The van der Waals surface area contributed by atoms with Gasteiger partial charge in [-0.3, -0.25) is 19.3 Å². The molecule has 59 heavy (non-hydrogen) atoms. The smallest absolute Gasteiger partial charge is 0.309 e. The fourth-order valence-electron chi connectivity index (χ4n) is 14.3. The van der Waals surface area contributed by atoms with E-state index < -0.39 is 28.9 Å². The summed E-state index contributed by atoms with van der Waals surface area (Å²) in [5, 5.41) is 22.4. The number of ketones is 1. The fourth-order valence-corrected chi connectivity index (χ4v) is 14.3. The van der Waals surface area contributed by atoms with Crippen LogP contribution in [0.25, 0.3) is 0 Å². The number of carbonyl (C=O) groups excluding carboxylic acids is 2. The summed E-state index contributed by atoms with van der Waals surface area (Å²) < 4.78 is 8.32. The van der Waals surface area contributed by atoms with Crippen LogP contribution in [0.4, 0.5) is 0 Å². The Balaban J connectivity index is 1.15. The third-order valence-corrected chi connectivity index (χ3v) is 17.6. The van der Waals surface area contributed by atoms with E-state index in [-0.39, 0.29) is 51.8 Å². The molecule has 1 aromatic carbocycles. The number of carboxylic acids is 1. The average Bonchev–Trinajstić information content (AvgIpc) is 3.79. The average molecular weight is 812 g/mol. The van der Waals surface area contributed by atoms with Crippen LogP contribution < -0.4 is 0 Å². The lowest BCUT2D eigenvalue weighted by atomic mass is 9.33. The Kier molecular flexibility index (Phi) is 11.8. The number of aryl methyl sites for hydroxylation is 1. The van der Waals surface area contributed by atoms with Crippen LogP contribution >= 0.6 is 0 Å². The number of carboxylic acid groups (broad SMARTS) is 1. The van der Waals surface area contributed by atoms with Gasteiger partial charge in [-0.25, -0.2) is 4.98 Å². The Morgan fingerprint density at radius 3 is 2.36 bits per heavy atom. The number of hydrogen-bond acceptors (Lipinski definition) is 7. The number of carbonyl (C=O) groups is 3. The monoisotopic (exact) mass is 812 g/mol. The van der Waals surface area contributed by atoms with E-state index in [1.54, 1.807) is 13.8 Å². The largest absolute Gasteiger partial charge is 0.481 e. The summed E-state index contributed by atoms with van der Waals surface area (Å²) in [5.41, 5.74) is 1.63. The summed E-state index contributed by atoms with van der Waals surface area (Å²) in [5.74, 6) is 0.0174. The minimum atomic E-state index is -1.17. The van der Waals surface area contributed by atoms with Gasteiger partial charge in [0.2, 0.25) is 0 Å². The highest BCUT2D eigenvalue weighted by atomic mass is 16.5. The number of aliphatic hydroxyl groups is 1. The number of aromatic nitrogens is 2. The Labute approximate surface area is 353 Å². The number of ether oxygens (including phenoxy) is 1. The zero-order valence-corrected chi connectivity index (χ0v) is 37.6. The molecule has 1 heterocycles. The van der Waals surface area contributed by atoms with Crippen molar-refractivity contribution in [3.8, 4) is 0 Å². The highest BCUT2D eigenvalue weighted by molar-refractivity contribution is 6.00. The molecule has 0 aliphatic heterocycles. The van der Waals surface area contributed by atoms with E-state index in [2.05, 4.69) is 87.2 Å². The van der Waals surface area contributed by atoms with Gasteiger partial charge in [0.15, 0.2) is 5.78 Å². The van der Waals surface area contributed by atoms with E-state index in [0.29, 0.717) is 24.8 Å². The van der Waals surface area contributed by atoms with Crippen molar-refractivity contribution in [2.24, 2.45) is 56.2 Å². The molecule has 0 spiro atoms. The lowest BCUT2D eigenvalue weighted by molar-refractivity contribution is -0.235. The SMILES string of the molecule is CC(C)C1=C2[C@H]3CC[C@@H]4[C@@]5(C)CC[C@H](OC(=O)CC(C)(C)C(=O)O)C(C)(C)[C@@H]5CC[C@@]4(C)[C@]3(C)CC[C@@]2([C@@H](O)CN(CCCn2ccnc2)Cc2ccccc2)CC1=O. The summed E-state index contributed by atoms with van der Waals surface area (Å²) >= 11 is 0. The first kappa shape index (κ1) is 43.8. The number of aliphatic carboxylic acids is 1. The molecule has 2 N–H and O–H groups in total.